The summed E-state index contributed by atoms with van der Waals surface area (Å²) in [6.45, 7) is 0.685. The number of nitrogens with zero attached hydrogens (tertiary/aromatic N) is 1. The van der Waals surface area contributed by atoms with Crippen LogP contribution in [0.5, 0.6) is 11.5 Å². The van der Waals surface area contributed by atoms with Gasteiger partial charge in [-0.1, -0.05) is 18.2 Å². The fourth-order valence-electron chi connectivity index (χ4n) is 4.46. The van der Waals surface area contributed by atoms with E-state index in [4.69, 9.17) is 19.3 Å². The van der Waals surface area contributed by atoms with Crippen LogP contribution in [0.4, 0.5) is 16.2 Å². The molecule has 3 N–H and O–H groups in total. The number of anilines is 2. The topological polar surface area (TPSA) is 126 Å². The normalized spacial score (nSPS) is 16.3. The highest BCUT2D eigenvalue weighted by atomic mass is 79.9. The van der Waals surface area contributed by atoms with E-state index >= 15 is 0 Å². The number of carbonyl (C=O) groups is 3. The van der Waals surface area contributed by atoms with E-state index in [1.54, 1.807) is 48.4 Å². The average molecular weight is 612 g/mol. The summed E-state index contributed by atoms with van der Waals surface area (Å²) < 4.78 is 17.6. The molecule has 0 saturated carbocycles. The molecule has 1 heterocycles. The van der Waals surface area contributed by atoms with Gasteiger partial charge in [0.15, 0.2) is 0 Å². The highest BCUT2D eigenvalue weighted by Crippen LogP contribution is 2.28. The monoisotopic (exact) mass is 611 g/mol. The van der Waals surface area contributed by atoms with Gasteiger partial charge in [-0.05, 0) is 76.4 Å². The number of carboxylic acid groups (broad SMARTS) is 1. The minimum absolute atomic E-state index is 0.0937. The van der Waals surface area contributed by atoms with Crippen LogP contribution in [-0.4, -0.2) is 67.4 Å². The first-order valence-corrected chi connectivity index (χ1v) is 13.3. The zero-order chi connectivity index (χ0) is 28.6. The number of nitrogens with one attached hydrogen (secondary N) is 2. The van der Waals surface area contributed by atoms with Crippen molar-refractivity contribution >= 4 is 45.2 Å². The number of hydrogen-bond donors (Lipinski definition) is 3. The molecule has 0 spiro atoms. The number of halogens is 1. The van der Waals surface area contributed by atoms with Gasteiger partial charge in [0.2, 0.25) is 5.91 Å². The first kappa shape index (κ1) is 28.9. The Hall–Kier alpha value is -4.09. The molecule has 2 atom stereocenters. The molecule has 0 bridgehead atoms. The van der Waals surface area contributed by atoms with Crippen molar-refractivity contribution in [2.75, 3.05) is 38.0 Å². The minimum atomic E-state index is -1.01. The number of carbonyl (C=O) groups excluding carboxylic acids is 2. The Kier molecular flexibility index (Phi) is 9.62. The highest BCUT2D eigenvalue weighted by Gasteiger charge is 2.35. The van der Waals surface area contributed by atoms with Crippen molar-refractivity contribution in [1.82, 2.24) is 4.90 Å². The fraction of sp³-hybridized carbons (Fsp3) is 0.276. The maximum absolute atomic E-state index is 13.3. The molecule has 210 valence electrons. The molecule has 10 nitrogen and oxygen atoms in total. The van der Waals surface area contributed by atoms with Crippen molar-refractivity contribution in [1.29, 1.82) is 0 Å². The van der Waals surface area contributed by atoms with Gasteiger partial charge >= 0.3 is 12.0 Å². The number of hydrogen-bond acceptors (Lipinski definition) is 6. The molecule has 40 heavy (non-hydrogen) atoms. The Bertz CT molecular complexity index is 1370. The summed E-state index contributed by atoms with van der Waals surface area (Å²) in [4.78, 5) is 38.7. The predicted molar refractivity (Wildman–Crippen MR) is 153 cm³/mol. The maximum Gasteiger partial charge on any atom is 0.335 e. The van der Waals surface area contributed by atoms with Gasteiger partial charge in [0.25, 0.3) is 0 Å². The van der Waals surface area contributed by atoms with Gasteiger partial charge in [0, 0.05) is 18.1 Å². The molecule has 4 rings (SSSR count). The lowest BCUT2D eigenvalue weighted by Crippen LogP contribution is -2.40. The van der Waals surface area contributed by atoms with Crippen molar-refractivity contribution in [2.45, 2.75) is 25.0 Å². The third-order valence-electron chi connectivity index (χ3n) is 6.56. The molecule has 3 aromatic rings. The molecule has 1 aliphatic heterocycles. The molecule has 0 unspecified atom stereocenters. The smallest absolute Gasteiger partial charge is 0.335 e. The van der Waals surface area contributed by atoms with Crippen LogP contribution in [0.25, 0.3) is 0 Å². The fourth-order valence-corrected chi connectivity index (χ4v) is 4.84. The zero-order valence-electron chi connectivity index (χ0n) is 22.1. The number of ether oxygens (including phenoxy) is 3. The maximum atomic E-state index is 13.3. The second-order valence-electron chi connectivity index (χ2n) is 9.20. The molecule has 1 aliphatic rings. The number of para-hydroxylation sites is 1. The molecule has 0 radical (unpaired) electrons. The summed E-state index contributed by atoms with van der Waals surface area (Å²) in [5.74, 6) is -0.154. The van der Waals surface area contributed by atoms with Gasteiger partial charge in [0.1, 0.15) is 18.1 Å². The van der Waals surface area contributed by atoms with E-state index in [0.29, 0.717) is 35.8 Å². The van der Waals surface area contributed by atoms with Crippen LogP contribution in [0, 0.1) is 0 Å². The van der Waals surface area contributed by atoms with Crippen molar-refractivity contribution in [3.63, 3.8) is 0 Å². The number of likely N-dealkylation sites (tertiary alicyclic amines) is 1. The molecular formula is C29H30BrN3O7. The third kappa shape index (κ3) is 7.30. The van der Waals surface area contributed by atoms with Crippen molar-refractivity contribution in [2.24, 2.45) is 0 Å². The van der Waals surface area contributed by atoms with Crippen LogP contribution >= 0.6 is 15.9 Å². The zero-order valence-corrected chi connectivity index (χ0v) is 23.6. The first-order chi connectivity index (χ1) is 19.3. The summed E-state index contributed by atoms with van der Waals surface area (Å²) in [6.07, 6.45) is 0.630. The molecule has 0 aliphatic carbocycles. The van der Waals surface area contributed by atoms with E-state index in [0.717, 1.165) is 10.0 Å². The molecule has 11 heteroatoms. The van der Waals surface area contributed by atoms with Gasteiger partial charge < -0.3 is 34.9 Å². The number of urea groups is 1. The van der Waals surface area contributed by atoms with E-state index in [2.05, 4.69) is 26.6 Å². The summed E-state index contributed by atoms with van der Waals surface area (Å²) in [5, 5.41) is 14.6. The SMILES string of the molecule is COc1cc(CC(=O)N2C[C@@H](OC)C[C@H]2COc2ccc(C(=O)O)cc2)ccc1NC(=O)Nc1ccccc1Br. The summed E-state index contributed by atoms with van der Waals surface area (Å²) in [6, 6.07) is 18.0. The van der Waals surface area contributed by atoms with Crippen LogP contribution < -0.4 is 20.1 Å². The number of methoxy groups -OCH3 is 2. The van der Waals surface area contributed by atoms with Gasteiger partial charge in [-0.2, -0.15) is 0 Å². The van der Waals surface area contributed by atoms with Crippen LogP contribution in [0.2, 0.25) is 0 Å². The van der Waals surface area contributed by atoms with E-state index in [1.807, 2.05) is 18.2 Å². The van der Waals surface area contributed by atoms with Crippen LogP contribution in [0.1, 0.15) is 22.3 Å². The molecule has 3 aromatic carbocycles. The number of amides is 3. The molecule has 1 fully saturated rings. The van der Waals surface area contributed by atoms with E-state index in [9.17, 15) is 14.4 Å². The van der Waals surface area contributed by atoms with Gasteiger partial charge in [-0.3, -0.25) is 4.79 Å². The lowest BCUT2D eigenvalue weighted by molar-refractivity contribution is -0.132. The first-order valence-electron chi connectivity index (χ1n) is 12.5. The number of benzene rings is 3. The summed E-state index contributed by atoms with van der Waals surface area (Å²) >= 11 is 3.40. The van der Waals surface area contributed by atoms with Crippen LogP contribution in [0.3, 0.4) is 0 Å². The third-order valence-corrected chi connectivity index (χ3v) is 7.26. The van der Waals surface area contributed by atoms with Crippen LogP contribution in [0.15, 0.2) is 71.2 Å². The standard InChI is InChI=1S/C29H30BrN3O7/c1-38-22-15-20(17-40-21-10-8-19(9-11-21)28(35)36)33(16-22)27(34)14-18-7-12-25(26(13-18)39-2)32-29(37)31-24-6-4-3-5-23(24)30/h3-13,20,22H,14-17H2,1-2H3,(H,35,36)(H2,31,32,37)/t20-,22-/m0/s1. The Morgan fingerprint density at radius 2 is 1.73 bits per heavy atom. The largest absolute Gasteiger partial charge is 0.495 e. The summed E-state index contributed by atoms with van der Waals surface area (Å²) in [5.41, 5.74) is 1.98. The van der Waals surface area contributed by atoms with Gasteiger partial charge in [-0.25, -0.2) is 9.59 Å². The Balaban J connectivity index is 1.39. The Labute approximate surface area is 240 Å². The van der Waals surface area contributed by atoms with E-state index < -0.39 is 12.0 Å². The Morgan fingerprint density at radius 3 is 2.40 bits per heavy atom. The lowest BCUT2D eigenvalue weighted by Gasteiger charge is -2.25. The predicted octanol–water partition coefficient (Wildman–Crippen LogP) is 5.04. The summed E-state index contributed by atoms with van der Waals surface area (Å²) in [7, 11) is 3.11. The average Bonchev–Trinajstić information content (AvgIpc) is 3.38. The van der Waals surface area contributed by atoms with Crippen LogP contribution in [-0.2, 0) is 16.0 Å². The minimum Gasteiger partial charge on any atom is -0.495 e. The second kappa shape index (κ2) is 13.3. The molecule has 3 amide bonds. The van der Waals surface area contributed by atoms with E-state index in [1.165, 1.54) is 19.2 Å². The van der Waals surface area contributed by atoms with Gasteiger partial charge in [-0.15, -0.1) is 0 Å². The highest BCUT2D eigenvalue weighted by molar-refractivity contribution is 9.10. The van der Waals surface area contributed by atoms with Crippen molar-refractivity contribution < 1.29 is 33.7 Å². The lowest BCUT2D eigenvalue weighted by atomic mass is 10.1. The van der Waals surface area contributed by atoms with Crippen molar-refractivity contribution in [3.05, 3.63) is 82.3 Å². The molecule has 0 aromatic heterocycles. The van der Waals surface area contributed by atoms with E-state index in [-0.39, 0.29) is 36.6 Å². The van der Waals surface area contributed by atoms with Crippen molar-refractivity contribution in [3.8, 4) is 11.5 Å². The Morgan fingerprint density at radius 1 is 1.00 bits per heavy atom. The quantitative estimate of drug-likeness (QED) is 0.293. The van der Waals surface area contributed by atoms with Gasteiger partial charge in [0.05, 0.1) is 42.6 Å². The number of aromatic carboxylic acids is 1. The number of carboxylic acids is 1. The second-order valence-corrected chi connectivity index (χ2v) is 10.1. The number of rotatable bonds is 10. The molecule has 1 saturated heterocycles. The molecular weight excluding hydrogens is 582 g/mol.